The van der Waals surface area contributed by atoms with Gasteiger partial charge in [0.25, 0.3) is 0 Å². The minimum Gasteiger partial charge on any atom is -0.549 e. The monoisotopic (exact) mass is 463 g/mol. The smallest absolute Gasteiger partial charge is 0.417 e. The van der Waals surface area contributed by atoms with Gasteiger partial charge in [0.1, 0.15) is 18.4 Å². The summed E-state index contributed by atoms with van der Waals surface area (Å²) in [5.41, 5.74) is 2.17. The quantitative estimate of drug-likeness (QED) is 0.229. The third kappa shape index (κ3) is 6.81. The van der Waals surface area contributed by atoms with Crippen molar-refractivity contribution in [2.75, 3.05) is 13.7 Å². The minimum absolute atomic E-state index is 0.0451. The van der Waals surface area contributed by atoms with Crippen LogP contribution in [0.3, 0.4) is 0 Å². The van der Waals surface area contributed by atoms with Gasteiger partial charge >= 0.3 is 13.0 Å². The lowest BCUT2D eigenvalue weighted by Crippen LogP contribution is -2.32. The summed E-state index contributed by atoms with van der Waals surface area (Å²) in [6, 6.07) is 17.9. The van der Waals surface area contributed by atoms with Crippen molar-refractivity contribution in [1.82, 2.24) is 4.90 Å². The van der Waals surface area contributed by atoms with Gasteiger partial charge in [-0.3, -0.25) is 0 Å². The topological polar surface area (TPSA) is 48.0 Å². The zero-order chi connectivity index (χ0) is 24.3. The fourth-order valence-electron chi connectivity index (χ4n) is 4.28. The molecule has 5 nitrogen and oxygen atoms in total. The van der Waals surface area contributed by atoms with E-state index in [0.29, 0.717) is 12.5 Å². The van der Waals surface area contributed by atoms with E-state index in [9.17, 15) is 4.79 Å². The van der Waals surface area contributed by atoms with Crippen LogP contribution in [-0.2, 0) is 9.39 Å². The average molecular weight is 463 g/mol. The molecule has 0 saturated carbocycles. The molecule has 1 saturated heterocycles. The highest BCUT2D eigenvalue weighted by Gasteiger charge is 2.38. The molecule has 1 aliphatic rings. The molecule has 6 heteroatoms. The van der Waals surface area contributed by atoms with E-state index < -0.39 is 0 Å². The lowest BCUT2D eigenvalue weighted by molar-refractivity contribution is 0.151. The van der Waals surface area contributed by atoms with E-state index >= 15 is 0 Å². The van der Waals surface area contributed by atoms with E-state index in [0.717, 1.165) is 55.2 Å². The molecule has 2 aromatic rings. The number of unbranched alkanes of at least 4 members (excludes halogenated alkanes) is 2. The molecule has 2 atom stereocenters. The standard InChI is InChI=1S/C28H38BNO4/c1-5-7-18-29(19-8-6-2)34-27(20-22(3)23-14-16-25(32-4)17-15-23)30-26(21-33-28(30)31)24-12-10-9-11-13-24/h9-17,20,22,26H,5-8,18-19,21H2,1-4H3/b27-20-/t22-,26+/m0/s1. The summed E-state index contributed by atoms with van der Waals surface area (Å²) in [6.45, 7) is 6.90. The Bertz CT molecular complexity index is 908. The molecule has 0 aliphatic carbocycles. The summed E-state index contributed by atoms with van der Waals surface area (Å²) in [5.74, 6) is 1.46. The van der Waals surface area contributed by atoms with E-state index in [-0.39, 0.29) is 25.0 Å². The van der Waals surface area contributed by atoms with Crippen molar-refractivity contribution in [3.63, 3.8) is 0 Å². The van der Waals surface area contributed by atoms with E-state index in [1.165, 1.54) is 0 Å². The number of amides is 1. The third-order valence-electron chi connectivity index (χ3n) is 6.38. The second kappa shape index (κ2) is 13.1. The number of hydrogen-bond acceptors (Lipinski definition) is 4. The molecule has 0 radical (unpaired) electrons. The van der Waals surface area contributed by atoms with Crippen molar-refractivity contribution in [3.05, 3.63) is 77.7 Å². The van der Waals surface area contributed by atoms with E-state index in [1.54, 1.807) is 12.0 Å². The van der Waals surface area contributed by atoms with Crippen LogP contribution < -0.4 is 4.74 Å². The molecule has 0 bridgehead atoms. The van der Waals surface area contributed by atoms with Crippen LogP contribution in [-0.4, -0.2) is 31.6 Å². The predicted molar refractivity (Wildman–Crippen MR) is 138 cm³/mol. The molecule has 2 aromatic carbocycles. The number of carbonyl (C=O) groups is 1. The number of cyclic esters (lactones) is 1. The number of nitrogens with zero attached hydrogens (tertiary/aromatic N) is 1. The molecule has 0 N–H and O–H groups in total. The summed E-state index contributed by atoms with van der Waals surface area (Å²) in [4.78, 5) is 14.7. The Morgan fingerprint density at radius 3 is 2.32 bits per heavy atom. The van der Waals surface area contributed by atoms with E-state index in [2.05, 4.69) is 39.0 Å². The normalized spacial score (nSPS) is 16.8. The number of benzene rings is 2. The van der Waals surface area contributed by atoms with Crippen molar-refractivity contribution in [1.29, 1.82) is 0 Å². The van der Waals surface area contributed by atoms with Crippen molar-refractivity contribution in [2.45, 2.75) is 71.1 Å². The SMILES string of the molecule is CCCCB(CCCC)O/C(=C\[C@H](C)c1ccc(OC)cc1)N1C(=O)OC[C@@H]1c1ccccc1. The summed E-state index contributed by atoms with van der Waals surface area (Å²) < 4.78 is 17.5. The van der Waals surface area contributed by atoms with Gasteiger partial charge in [-0.15, -0.1) is 0 Å². The van der Waals surface area contributed by atoms with Crippen LogP contribution in [0, 0.1) is 0 Å². The van der Waals surface area contributed by atoms with Crippen molar-refractivity contribution in [2.24, 2.45) is 0 Å². The highest BCUT2D eigenvalue weighted by molar-refractivity contribution is 6.52. The molecule has 1 amide bonds. The van der Waals surface area contributed by atoms with Crippen LogP contribution in [0.4, 0.5) is 4.79 Å². The number of carbonyl (C=O) groups excluding carboxylic acids is 1. The molecular formula is C28H38BNO4. The van der Waals surface area contributed by atoms with Crippen LogP contribution in [0.1, 0.15) is 69.5 Å². The Morgan fingerprint density at radius 1 is 1.09 bits per heavy atom. The maximum Gasteiger partial charge on any atom is 0.417 e. The van der Waals surface area contributed by atoms with Crippen LogP contribution in [0.25, 0.3) is 0 Å². The first-order chi connectivity index (χ1) is 16.6. The highest BCUT2D eigenvalue weighted by Crippen LogP contribution is 2.34. The summed E-state index contributed by atoms with van der Waals surface area (Å²) in [7, 11) is 1.67. The maximum atomic E-state index is 13.0. The molecule has 182 valence electrons. The van der Waals surface area contributed by atoms with Gasteiger partial charge in [0, 0.05) is 5.92 Å². The Balaban J connectivity index is 1.95. The number of ether oxygens (including phenoxy) is 2. The Hall–Kier alpha value is -2.89. The Kier molecular flexibility index (Phi) is 9.93. The van der Waals surface area contributed by atoms with Crippen LogP contribution in [0.15, 0.2) is 66.6 Å². The number of rotatable bonds is 13. The third-order valence-corrected chi connectivity index (χ3v) is 6.38. The maximum absolute atomic E-state index is 13.0. The molecular weight excluding hydrogens is 425 g/mol. The lowest BCUT2D eigenvalue weighted by Gasteiger charge is -2.28. The first-order valence-corrected chi connectivity index (χ1v) is 12.6. The zero-order valence-electron chi connectivity index (χ0n) is 21.0. The van der Waals surface area contributed by atoms with Gasteiger partial charge in [0.15, 0.2) is 5.88 Å². The average Bonchev–Trinajstić information content (AvgIpc) is 3.26. The van der Waals surface area contributed by atoms with Crippen molar-refractivity contribution >= 4 is 13.0 Å². The van der Waals surface area contributed by atoms with Crippen LogP contribution in [0.2, 0.25) is 12.6 Å². The molecule has 1 fully saturated rings. The number of methoxy groups -OCH3 is 1. The minimum atomic E-state index is -0.355. The first kappa shape index (κ1) is 25.7. The molecule has 0 aromatic heterocycles. The molecule has 1 aliphatic heterocycles. The van der Waals surface area contributed by atoms with Crippen LogP contribution in [0.5, 0.6) is 5.75 Å². The highest BCUT2D eigenvalue weighted by atomic mass is 16.6. The fourth-order valence-corrected chi connectivity index (χ4v) is 4.28. The van der Waals surface area contributed by atoms with Crippen molar-refractivity contribution < 1.29 is 18.9 Å². The molecule has 34 heavy (non-hydrogen) atoms. The first-order valence-electron chi connectivity index (χ1n) is 12.6. The zero-order valence-corrected chi connectivity index (χ0v) is 21.0. The van der Waals surface area contributed by atoms with Gasteiger partial charge in [-0.1, -0.05) is 88.9 Å². The Morgan fingerprint density at radius 2 is 1.74 bits per heavy atom. The van der Waals surface area contributed by atoms with Gasteiger partial charge < -0.3 is 14.1 Å². The van der Waals surface area contributed by atoms with Gasteiger partial charge in [0.2, 0.25) is 0 Å². The number of hydrogen-bond donors (Lipinski definition) is 0. The molecule has 0 unspecified atom stereocenters. The largest absolute Gasteiger partial charge is 0.549 e. The number of allylic oxidation sites excluding steroid dienone is 1. The van der Waals surface area contributed by atoms with Gasteiger partial charge in [-0.2, -0.15) is 0 Å². The molecule has 1 heterocycles. The van der Waals surface area contributed by atoms with Gasteiger partial charge in [-0.05, 0) is 42.0 Å². The van der Waals surface area contributed by atoms with E-state index in [4.69, 9.17) is 14.1 Å². The van der Waals surface area contributed by atoms with Crippen LogP contribution >= 0.6 is 0 Å². The lowest BCUT2D eigenvalue weighted by atomic mass is 9.59. The van der Waals surface area contributed by atoms with E-state index in [1.807, 2.05) is 42.5 Å². The second-order valence-corrected chi connectivity index (χ2v) is 8.96. The van der Waals surface area contributed by atoms with Gasteiger partial charge in [0.05, 0.1) is 7.11 Å². The van der Waals surface area contributed by atoms with Gasteiger partial charge in [-0.25, -0.2) is 9.69 Å². The second-order valence-electron chi connectivity index (χ2n) is 8.96. The Labute approximate surface area is 205 Å². The van der Waals surface area contributed by atoms with Crippen molar-refractivity contribution in [3.8, 4) is 5.75 Å². The summed E-state index contributed by atoms with van der Waals surface area (Å²) >= 11 is 0. The molecule has 0 spiro atoms. The summed E-state index contributed by atoms with van der Waals surface area (Å²) in [5, 5.41) is 0. The predicted octanol–water partition coefficient (Wildman–Crippen LogP) is 7.44. The summed E-state index contributed by atoms with van der Waals surface area (Å²) in [6.07, 6.45) is 8.09. The fraction of sp³-hybridized carbons (Fsp3) is 0.464. The molecule has 3 rings (SSSR count).